The van der Waals surface area contributed by atoms with Gasteiger partial charge in [0.25, 0.3) is 11.8 Å². The van der Waals surface area contributed by atoms with E-state index < -0.39 is 0 Å². The highest BCUT2D eigenvalue weighted by Crippen LogP contribution is 2.46. The molecule has 7 rings (SSSR count). The van der Waals surface area contributed by atoms with Crippen LogP contribution in [0.4, 0.5) is 0 Å². The first-order chi connectivity index (χ1) is 22.1. The molecule has 0 saturated carbocycles. The number of ether oxygens (including phenoxy) is 1. The summed E-state index contributed by atoms with van der Waals surface area (Å²) in [6.45, 7) is 4.43. The van der Waals surface area contributed by atoms with Crippen molar-refractivity contribution in [3.63, 3.8) is 0 Å². The van der Waals surface area contributed by atoms with Crippen LogP contribution in [0.3, 0.4) is 0 Å². The number of carbonyl (C=O) groups excluding carboxylic acids is 2. The molecule has 6 aromatic rings. The van der Waals surface area contributed by atoms with Crippen LogP contribution in [0, 0.1) is 0 Å². The number of nitrogens with zero attached hydrogens (tertiary/aromatic N) is 1. The van der Waals surface area contributed by atoms with Gasteiger partial charge in [0, 0.05) is 33.3 Å². The molecular formula is C41H41NO3. The zero-order valence-electron chi connectivity index (χ0n) is 26.4. The van der Waals surface area contributed by atoms with Crippen molar-refractivity contribution >= 4 is 54.9 Å². The molecule has 0 unspecified atom stereocenters. The minimum Gasteiger partial charge on any atom is -0.457 e. The molecule has 0 radical (unpaired) electrons. The lowest BCUT2D eigenvalue weighted by Crippen LogP contribution is -2.47. The van der Waals surface area contributed by atoms with Crippen LogP contribution in [0.2, 0.25) is 0 Å². The maximum absolute atomic E-state index is 14.3. The fraction of sp³-hybridized carbons (Fsp3) is 0.317. The van der Waals surface area contributed by atoms with Gasteiger partial charge >= 0.3 is 0 Å². The van der Waals surface area contributed by atoms with Crippen LogP contribution in [0.5, 0.6) is 11.5 Å². The number of imide groups is 1. The van der Waals surface area contributed by atoms with E-state index in [9.17, 15) is 9.59 Å². The van der Waals surface area contributed by atoms with Crippen LogP contribution >= 0.6 is 0 Å². The molecule has 1 aliphatic heterocycles. The predicted octanol–water partition coefficient (Wildman–Crippen LogP) is 11.4. The van der Waals surface area contributed by atoms with E-state index in [-0.39, 0.29) is 17.9 Å². The summed E-state index contributed by atoms with van der Waals surface area (Å²) in [5.74, 6) is 1.33. The molecule has 4 nitrogen and oxygen atoms in total. The van der Waals surface area contributed by atoms with Crippen LogP contribution in [-0.4, -0.2) is 22.8 Å². The molecule has 45 heavy (non-hydrogen) atoms. The van der Waals surface area contributed by atoms with Crippen LogP contribution in [0.15, 0.2) is 84.9 Å². The molecule has 6 aromatic carbocycles. The van der Waals surface area contributed by atoms with Crippen molar-refractivity contribution in [2.75, 3.05) is 0 Å². The van der Waals surface area contributed by atoms with Gasteiger partial charge in [0.2, 0.25) is 0 Å². The summed E-state index contributed by atoms with van der Waals surface area (Å²) in [5.41, 5.74) is 1.30. The van der Waals surface area contributed by atoms with Crippen molar-refractivity contribution < 1.29 is 14.3 Å². The Hall–Kier alpha value is -4.44. The van der Waals surface area contributed by atoms with Gasteiger partial charge in [-0.15, -0.1) is 0 Å². The second-order valence-electron chi connectivity index (χ2n) is 12.7. The number of para-hydroxylation sites is 1. The number of benzene rings is 6. The zero-order valence-corrected chi connectivity index (χ0v) is 26.4. The fourth-order valence-electron chi connectivity index (χ4n) is 7.53. The first-order valence-electron chi connectivity index (χ1n) is 16.9. The summed E-state index contributed by atoms with van der Waals surface area (Å²) in [4.78, 5) is 30.2. The van der Waals surface area contributed by atoms with Crippen LogP contribution < -0.4 is 4.74 Å². The molecule has 228 valence electrons. The Labute approximate surface area is 265 Å². The summed E-state index contributed by atoms with van der Waals surface area (Å²) in [6.07, 6.45) is 10.8. The Morgan fingerprint density at radius 3 is 1.71 bits per heavy atom. The number of unbranched alkanes of at least 4 members (excludes halogenated alkanes) is 6. The maximum Gasteiger partial charge on any atom is 0.261 e. The van der Waals surface area contributed by atoms with Crippen LogP contribution in [0.1, 0.15) is 98.8 Å². The van der Waals surface area contributed by atoms with Crippen molar-refractivity contribution in [3.05, 3.63) is 96.1 Å². The normalized spacial score (nSPS) is 13.4. The minimum absolute atomic E-state index is 0.0633. The summed E-state index contributed by atoms with van der Waals surface area (Å²) in [7, 11) is 0. The highest BCUT2D eigenvalue weighted by Gasteiger charge is 2.38. The van der Waals surface area contributed by atoms with E-state index in [1.807, 2.05) is 48.5 Å². The molecule has 0 spiro atoms. The fourth-order valence-corrected chi connectivity index (χ4v) is 7.53. The van der Waals surface area contributed by atoms with E-state index in [0.717, 1.165) is 93.1 Å². The van der Waals surface area contributed by atoms with Gasteiger partial charge in [-0.25, -0.2) is 0 Å². The molecular weight excluding hydrogens is 554 g/mol. The molecule has 4 heteroatoms. The molecule has 0 aliphatic carbocycles. The third-order valence-corrected chi connectivity index (χ3v) is 9.76. The van der Waals surface area contributed by atoms with E-state index in [1.165, 1.54) is 25.7 Å². The lowest BCUT2D eigenvalue weighted by Gasteiger charge is -2.34. The monoisotopic (exact) mass is 595 g/mol. The van der Waals surface area contributed by atoms with E-state index in [0.29, 0.717) is 11.1 Å². The SMILES string of the molecule is CCCCCCC(CCCCCC)N1C(=O)c2ccc3c4cccc5c(Oc6ccccc6)ccc(c6ccc(c2c36)C1=O)c54. The second-order valence-corrected chi connectivity index (χ2v) is 12.7. The van der Waals surface area contributed by atoms with Crippen LogP contribution in [0.25, 0.3) is 43.1 Å². The lowest BCUT2D eigenvalue weighted by molar-refractivity contribution is 0.0517. The van der Waals surface area contributed by atoms with Crippen molar-refractivity contribution in [3.8, 4) is 11.5 Å². The summed E-state index contributed by atoms with van der Waals surface area (Å²) in [6, 6.07) is 28.4. The van der Waals surface area contributed by atoms with E-state index in [4.69, 9.17) is 4.74 Å². The van der Waals surface area contributed by atoms with Crippen molar-refractivity contribution in [1.82, 2.24) is 4.90 Å². The zero-order chi connectivity index (χ0) is 30.9. The topological polar surface area (TPSA) is 46.6 Å². The Morgan fingerprint density at radius 2 is 1.09 bits per heavy atom. The number of amides is 2. The van der Waals surface area contributed by atoms with Crippen LogP contribution in [-0.2, 0) is 0 Å². The van der Waals surface area contributed by atoms with Gasteiger partial charge in [-0.2, -0.15) is 0 Å². The Kier molecular flexibility index (Phi) is 8.14. The number of hydrogen-bond donors (Lipinski definition) is 0. The van der Waals surface area contributed by atoms with Gasteiger partial charge in [0.1, 0.15) is 11.5 Å². The summed E-state index contributed by atoms with van der Waals surface area (Å²) in [5, 5.41) is 8.31. The van der Waals surface area contributed by atoms with E-state index in [1.54, 1.807) is 4.90 Å². The number of hydrogen-bond acceptors (Lipinski definition) is 3. The average Bonchev–Trinajstić information content (AvgIpc) is 3.07. The average molecular weight is 596 g/mol. The van der Waals surface area contributed by atoms with Crippen molar-refractivity contribution in [2.45, 2.75) is 84.1 Å². The lowest BCUT2D eigenvalue weighted by atomic mass is 9.84. The molecule has 2 amide bonds. The summed E-state index contributed by atoms with van der Waals surface area (Å²) < 4.78 is 6.35. The van der Waals surface area contributed by atoms with Gasteiger partial charge < -0.3 is 4.74 Å². The first kappa shape index (κ1) is 29.3. The molecule has 0 atom stereocenters. The quantitative estimate of drug-likeness (QED) is 0.0577. The molecule has 1 aliphatic rings. The van der Waals surface area contributed by atoms with Gasteiger partial charge in [-0.3, -0.25) is 14.5 Å². The first-order valence-corrected chi connectivity index (χ1v) is 16.9. The largest absolute Gasteiger partial charge is 0.457 e. The molecule has 0 aromatic heterocycles. The van der Waals surface area contributed by atoms with Gasteiger partial charge in [0.15, 0.2) is 0 Å². The molecule has 0 fully saturated rings. The highest BCUT2D eigenvalue weighted by atomic mass is 16.5. The molecule has 1 heterocycles. The van der Waals surface area contributed by atoms with E-state index >= 15 is 0 Å². The highest BCUT2D eigenvalue weighted by molar-refractivity contribution is 6.38. The third-order valence-electron chi connectivity index (χ3n) is 9.76. The molecule has 0 saturated heterocycles. The maximum atomic E-state index is 14.3. The minimum atomic E-state index is -0.136. The number of rotatable bonds is 13. The number of fused-ring (bicyclic) bond motifs is 2. The number of carbonyl (C=O) groups is 2. The molecule has 0 N–H and O–H groups in total. The van der Waals surface area contributed by atoms with Crippen molar-refractivity contribution in [2.24, 2.45) is 0 Å². The van der Waals surface area contributed by atoms with Gasteiger partial charge in [-0.1, -0.05) is 114 Å². The summed E-state index contributed by atoms with van der Waals surface area (Å²) >= 11 is 0. The second kappa shape index (κ2) is 12.5. The Balaban J connectivity index is 1.34. The van der Waals surface area contributed by atoms with Gasteiger partial charge in [-0.05, 0) is 76.2 Å². The smallest absolute Gasteiger partial charge is 0.261 e. The van der Waals surface area contributed by atoms with Crippen molar-refractivity contribution in [1.29, 1.82) is 0 Å². The molecule has 0 bridgehead atoms. The van der Waals surface area contributed by atoms with Gasteiger partial charge in [0.05, 0.1) is 0 Å². The van der Waals surface area contributed by atoms with E-state index in [2.05, 4.69) is 50.2 Å². The Morgan fingerprint density at radius 1 is 0.533 bits per heavy atom. The Bertz CT molecular complexity index is 1930. The third kappa shape index (κ3) is 5.10. The standard InChI is InChI=1S/C41H41NO3/c1-3-5-7-10-15-27(16-11-8-6-4-2)42-40(43)34-23-21-31-29-19-14-20-33-36(45-28-17-12-9-13-18-28)26-25-30(37(29)33)32-22-24-35(41(42)44)39(34)38(31)32/h9,12-14,17-27H,3-8,10-11,15-16H2,1-2H3. The predicted molar refractivity (Wildman–Crippen MR) is 186 cm³/mol.